The van der Waals surface area contributed by atoms with Crippen LogP contribution in [0.5, 0.6) is 17.2 Å². The Bertz CT molecular complexity index is 1210. The number of nitrogens with zero attached hydrogens (tertiary/aromatic N) is 1. The highest BCUT2D eigenvalue weighted by molar-refractivity contribution is 7.10. The number of hydrogen-bond donors (Lipinski definition) is 1. The number of hydrogen-bond acceptors (Lipinski definition) is 6. The molecule has 1 aromatic heterocycles. The molecule has 37 heavy (non-hydrogen) atoms. The summed E-state index contributed by atoms with van der Waals surface area (Å²) >= 11 is 1.53. The van der Waals surface area contributed by atoms with Gasteiger partial charge in [-0.05, 0) is 61.0 Å². The first kappa shape index (κ1) is 25.1. The van der Waals surface area contributed by atoms with E-state index >= 15 is 0 Å². The van der Waals surface area contributed by atoms with Gasteiger partial charge in [0.1, 0.15) is 11.8 Å². The molecular formula is C29H32N2O5S. The van der Waals surface area contributed by atoms with Crippen LogP contribution in [-0.4, -0.2) is 31.3 Å². The van der Waals surface area contributed by atoms with E-state index in [-0.39, 0.29) is 31.1 Å². The van der Waals surface area contributed by atoms with E-state index in [0.717, 1.165) is 36.3 Å². The number of benzene rings is 2. The van der Waals surface area contributed by atoms with Crippen molar-refractivity contribution in [1.82, 2.24) is 5.32 Å². The smallest absolute Gasteiger partial charge is 0.248 e. The van der Waals surface area contributed by atoms with Crippen molar-refractivity contribution in [2.45, 2.75) is 57.5 Å². The first-order valence-corrected chi connectivity index (χ1v) is 13.8. The van der Waals surface area contributed by atoms with Crippen LogP contribution in [0.3, 0.4) is 0 Å². The molecule has 0 spiro atoms. The molecule has 3 aromatic rings. The van der Waals surface area contributed by atoms with Gasteiger partial charge in [0.25, 0.3) is 0 Å². The highest BCUT2D eigenvalue weighted by Crippen LogP contribution is 2.39. The van der Waals surface area contributed by atoms with Crippen molar-refractivity contribution in [3.05, 3.63) is 70.4 Å². The van der Waals surface area contributed by atoms with Crippen LogP contribution in [0.15, 0.2) is 60.0 Å². The Labute approximate surface area is 221 Å². The molecule has 5 rings (SSSR count). The third kappa shape index (κ3) is 5.91. The van der Waals surface area contributed by atoms with E-state index in [1.54, 1.807) is 17.0 Å². The summed E-state index contributed by atoms with van der Waals surface area (Å²) in [5.74, 6) is 1.55. The summed E-state index contributed by atoms with van der Waals surface area (Å²) in [5, 5.41) is 5.21. The highest BCUT2D eigenvalue weighted by Gasteiger charge is 2.35. The number of anilines is 1. The van der Waals surface area contributed by atoms with E-state index in [0.29, 0.717) is 29.4 Å². The second-order valence-electron chi connectivity index (χ2n) is 9.31. The summed E-state index contributed by atoms with van der Waals surface area (Å²) in [6.07, 6.45) is 5.49. The topological polar surface area (TPSA) is 77.1 Å². The molecule has 0 unspecified atom stereocenters. The van der Waals surface area contributed by atoms with Crippen LogP contribution >= 0.6 is 11.3 Å². The molecule has 1 N–H and O–H groups in total. The maximum Gasteiger partial charge on any atom is 0.248 e. The van der Waals surface area contributed by atoms with Crippen LogP contribution in [0.4, 0.5) is 5.69 Å². The Hall–Kier alpha value is -3.52. The number of amides is 2. The lowest BCUT2D eigenvalue weighted by molar-refractivity contribution is -0.127. The van der Waals surface area contributed by atoms with Gasteiger partial charge in [-0.25, -0.2) is 0 Å². The number of carbonyl (C=O) groups is 2. The van der Waals surface area contributed by atoms with Crippen molar-refractivity contribution in [2.75, 3.05) is 18.3 Å². The van der Waals surface area contributed by atoms with Gasteiger partial charge in [-0.15, -0.1) is 11.3 Å². The third-order valence-electron chi connectivity index (χ3n) is 6.77. The number of thiophene rings is 1. The zero-order chi connectivity index (χ0) is 25.6. The number of ether oxygens (including phenoxy) is 3. The number of nitrogens with one attached hydrogen (secondary N) is 1. The first-order valence-electron chi connectivity index (χ1n) is 12.9. The Morgan fingerprint density at radius 2 is 1.84 bits per heavy atom. The lowest BCUT2D eigenvalue weighted by atomic mass is 9.94. The molecule has 2 aliphatic rings. The summed E-state index contributed by atoms with van der Waals surface area (Å²) in [5.41, 5.74) is 1.30. The second kappa shape index (κ2) is 11.7. The Morgan fingerprint density at radius 3 is 2.57 bits per heavy atom. The number of rotatable bonds is 9. The molecule has 0 bridgehead atoms. The lowest BCUT2D eigenvalue weighted by Gasteiger charge is -2.33. The van der Waals surface area contributed by atoms with Crippen LogP contribution in [0.2, 0.25) is 0 Å². The molecule has 0 saturated heterocycles. The van der Waals surface area contributed by atoms with Gasteiger partial charge in [0.2, 0.25) is 18.6 Å². The Kier molecular flexibility index (Phi) is 7.94. The van der Waals surface area contributed by atoms with Crippen molar-refractivity contribution in [1.29, 1.82) is 0 Å². The van der Waals surface area contributed by atoms with E-state index in [2.05, 4.69) is 5.32 Å². The highest BCUT2D eigenvalue weighted by atomic mass is 32.1. The molecular weight excluding hydrogens is 488 g/mol. The lowest BCUT2D eigenvalue weighted by Crippen LogP contribution is -2.47. The van der Waals surface area contributed by atoms with E-state index in [1.165, 1.54) is 17.8 Å². The van der Waals surface area contributed by atoms with Gasteiger partial charge in [-0.3, -0.25) is 14.5 Å². The van der Waals surface area contributed by atoms with Gasteiger partial charge in [0, 0.05) is 22.7 Å². The van der Waals surface area contributed by atoms with Gasteiger partial charge in [-0.2, -0.15) is 0 Å². The number of fused-ring (bicyclic) bond motifs is 1. The zero-order valence-electron chi connectivity index (χ0n) is 21.0. The molecule has 8 heteroatoms. The largest absolute Gasteiger partial charge is 0.494 e. The van der Waals surface area contributed by atoms with Crippen molar-refractivity contribution < 1.29 is 23.8 Å². The Balaban J connectivity index is 1.55. The van der Waals surface area contributed by atoms with Crippen LogP contribution < -0.4 is 24.4 Å². The third-order valence-corrected chi connectivity index (χ3v) is 7.65. The molecule has 2 aromatic carbocycles. The molecule has 194 valence electrons. The van der Waals surface area contributed by atoms with E-state index in [9.17, 15) is 9.59 Å². The van der Waals surface area contributed by atoms with Crippen LogP contribution in [0, 0.1) is 0 Å². The molecule has 1 fully saturated rings. The molecule has 0 radical (unpaired) electrons. The summed E-state index contributed by atoms with van der Waals surface area (Å²) < 4.78 is 16.7. The predicted molar refractivity (Wildman–Crippen MR) is 143 cm³/mol. The summed E-state index contributed by atoms with van der Waals surface area (Å²) in [6.45, 7) is 2.61. The minimum atomic E-state index is -0.856. The molecule has 7 nitrogen and oxygen atoms in total. The van der Waals surface area contributed by atoms with Crippen LogP contribution in [-0.2, 0) is 16.0 Å². The summed E-state index contributed by atoms with van der Waals surface area (Å²) in [6, 6.07) is 15.9. The summed E-state index contributed by atoms with van der Waals surface area (Å²) in [4.78, 5) is 30.5. The quantitative estimate of drug-likeness (QED) is 0.395. The zero-order valence-corrected chi connectivity index (χ0v) is 21.8. The van der Waals surface area contributed by atoms with Crippen LogP contribution in [0.25, 0.3) is 0 Å². The predicted octanol–water partition coefficient (Wildman–Crippen LogP) is 5.64. The van der Waals surface area contributed by atoms with Crippen molar-refractivity contribution in [2.24, 2.45) is 0 Å². The fraction of sp³-hybridized carbons (Fsp3) is 0.379. The van der Waals surface area contributed by atoms with E-state index in [1.807, 2.05) is 54.8 Å². The van der Waals surface area contributed by atoms with Gasteiger partial charge in [0.15, 0.2) is 11.5 Å². The normalized spacial score (nSPS) is 15.7. The van der Waals surface area contributed by atoms with Crippen molar-refractivity contribution in [3.63, 3.8) is 0 Å². The molecule has 1 aliphatic heterocycles. The minimum Gasteiger partial charge on any atom is -0.494 e. The van der Waals surface area contributed by atoms with Crippen molar-refractivity contribution in [3.8, 4) is 17.2 Å². The van der Waals surface area contributed by atoms with E-state index < -0.39 is 6.04 Å². The van der Waals surface area contributed by atoms with Gasteiger partial charge in [0.05, 0.1) is 13.0 Å². The van der Waals surface area contributed by atoms with Gasteiger partial charge < -0.3 is 19.5 Å². The minimum absolute atomic E-state index is 0.109. The maximum atomic E-state index is 14.0. The summed E-state index contributed by atoms with van der Waals surface area (Å²) in [7, 11) is 0. The van der Waals surface area contributed by atoms with Gasteiger partial charge in [-0.1, -0.05) is 37.5 Å². The standard InChI is InChI=1S/C29H32N2O5S/c1-2-34-23-13-10-20(11-14-23)28(29(33)30-21-7-4-3-5-8-21)31(27(32)18-24-9-6-16-37-24)22-12-15-25-26(17-22)36-19-35-25/h6,9-17,21,28H,2-5,7-8,18-19H2,1H3,(H,30,33)/t28-/m1/s1. The molecule has 2 amide bonds. The van der Waals surface area contributed by atoms with Crippen LogP contribution in [0.1, 0.15) is 55.5 Å². The number of carbonyl (C=O) groups excluding carboxylic acids is 2. The van der Waals surface area contributed by atoms with Gasteiger partial charge >= 0.3 is 0 Å². The fourth-order valence-corrected chi connectivity index (χ4v) is 5.67. The SMILES string of the molecule is CCOc1ccc([C@H](C(=O)NC2CCCCC2)N(C(=O)Cc2cccs2)c2ccc3c(c2)OCO3)cc1. The molecule has 1 saturated carbocycles. The monoisotopic (exact) mass is 520 g/mol. The molecule has 1 atom stereocenters. The van der Waals surface area contributed by atoms with E-state index in [4.69, 9.17) is 14.2 Å². The molecule has 2 heterocycles. The first-order chi connectivity index (χ1) is 18.1. The average molecular weight is 521 g/mol. The second-order valence-corrected chi connectivity index (χ2v) is 10.3. The Morgan fingerprint density at radius 1 is 1.05 bits per heavy atom. The fourth-order valence-electron chi connectivity index (χ4n) is 4.98. The average Bonchev–Trinajstić information content (AvgIpc) is 3.60. The van der Waals surface area contributed by atoms with Crippen molar-refractivity contribution >= 4 is 28.8 Å². The molecule has 1 aliphatic carbocycles. The maximum absolute atomic E-state index is 14.0.